The monoisotopic (exact) mass is 1090 g/mol. The van der Waals surface area contributed by atoms with E-state index >= 15 is 0 Å². The molecule has 12 unspecified atom stereocenters. The number of fused-ring (bicyclic) bond motifs is 2. The third-order valence-corrected chi connectivity index (χ3v) is 14.4. The number of benzene rings is 1. The number of esters is 1. The lowest BCUT2D eigenvalue weighted by Crippen LogP contribution is -2.61. The molecule has 19 nitrogen and oxygen atoms in total. The number of rotatable bonds is 10. The van der Waals surface area contributed by atoms with E-state index in [9.17, 15) is 64.8 Å². The molecule has 0 amide bonds. The molecule has 2 bridgehead atoms. The molecule has 0 aromatic heterocycles. The summed E-state index contributed by atoms with van der Waals surface area (Å²) in [5.41, 5.74) is 12.8. The van der Waals surface area contributed by atoms with Gasteiger partial charge >= 0.3 is 11.9 Å². The van der Waals surface area contributed by atoms with E-state index in [1.165, 1.54) is 0 Å². The van der Waals surface area contributed by atoms with Crippen molar-refractivity contribution in [3.63, 3.8) is 0 Å². The van der Waals surface area contributed by atoms with E-state index in [2.05, 4.69) is 0 Å². The standard InChI is InChI=1S/C59H84N2O17/c1-36-19-15-13-11-9-7-5-6-8-10-12-14-16-23-46(76-58-55(71)53(61)54(70)39(4)75-58)33-50-52(57(72)73)49(68)35-59(74,78-50)28-18-22-42(62)20-17-21-43(63)30-44(64)31-45(65)32-51(69)77-56(36)38(3)29-37(2)47(66)34-48(67)40-24-26-41(60)27-25-40/h5-16,19,23-27,36-39,42,44,46-47,49-50,52-56,58,62,64,66,68,70-71,74H,17-18,20-22,28-35,60-61H2,1-4H3,(H,72,73)/b6-5+,9-7+,10-8+,13-11+,14-12+,19-15+,23-16+/t36?,37?,38?,39-,42?,44?,46?,47?,49?,50?,52?,53+,54-,55-,56?,58+,59?/m1/s1. The second-order valence-electron chi connectivity index (χ2n) is 21.2. The maximum absolute atomic E-state index is 13.3. The number of aliphatic hydroxyl groups is 7. The number of nitrogens with two attached hydrogens (primary N) is 2. The molecule has 2 fully saturated rings. The van der Waals surface area contributed by atoms with Crippen LogP contribution in [0.4, 0.5) is 5.69 Å². The quantitative estimate of drug-likeness (QED) is 0.0651. The highest BCUT2D eigenvalue weighted by molar-refractivity contribution is 5.97. The van der Waals surface area contributed by atoms with Crippen molar-refractivity contribution in [2.24, 2.45) is 29.4 Å². The third kappa shape index (κ3) is 22.1. The Morgan fingerprint density at radius 1 is 0.795 bits per heavy atom. The second-order valence-corrected chi connectivity index (χ2v) is 21.2. The Morgan fingerprint density at radius 2 is 1.37 bits per heavy atom. The van der Waals surface area contributed by atoms with Crippen molar-refractivity contribution in [3.05, 3.63) is 115 Å². The van der Waals surface area contributed by atoms with Gasteiger partial charge in [-0.25, -0.2) is 0 Å². The molecule has 19 heteroatoms. The average Bonchev–Trinajstić information content (AvgIpc) is 3.38. The number of allylic oxidation sites excluding steroid dienone is 12. The molecule has 432 valence electrons. The molecule has 12 N–H and O–H groups in total. The molecular weight excluding hydrogens is 1010 g/mol. The largest absolute Gasteiger partial charge is 0.481 e. The van der Waals surface area contributed by atoms with Gasteiger partial charge in [-0.3, -0.25) is 24.0 Å². The van der Waals surface area contributed by atoms with Crippen molar-refractivity contribution >= 4 is 35.0 Å². The summed E-state index contributed by atoms with van der Waals surface area (Å²) >= 11 is 0. The normalized spacial score (nSPS) is 36.3. The first kappa shape index (κ1) is 65.2. The fourth-order valence-electron chi connectivity index (χ4n) is 9.94. The van der Waals surface area contributed by atoms with Crippen molar-refractivity contribution in [1.82, 2.24) is 0 Å². The van der Waals surface area contributed by atoms with Crippen LogP contribution >= 0.6 is 0 Å². The Morgan fingerprint density at radius 3 is 1.99 bits per heavy atom. The number of cyclic esters (lactones) is 1. The Hall–Kier alpha value is -5.29. The van der Waals surface area contributed by atoms with Gasteiger partial charge in [-0.2, -0.15) is 0 Å². The Balaban J connectivity index is 1.52. The summed E-state index contributed by atoms with van der Waals surface area (Å²) in [4.78, 5) is 64.6. The zero-order chi connectivity index (χ0) is 57.5. The van der Waals surface area contributed by atoms with E-state index in [1.54, 1.807) is 110 Å². The number of ketones is 3. The number of hydrogen-bond donors (Lipinski definition) is 10. The van der Waals surface area contributed by atoms with Crippen molar-refractivity contribution < 1.29 is 83.8 Å². The van der Waals surface area contributed by atoms with Crippen LogP contribution in [0.25, 0.3) is 0 Å². The van der Waals surface area contributed by atoms with Crippen LogP contribution in [-0.4, -0.2) is 149 Å². The minimum atomic E-state index is -2.01. The molecule has 0 spiro atoms. The predicted octanol–water partition coefficient (Wildman–Crippen LogP) is 4.80. The molecule has 0 aliphatic carbocycles. The summed E-state index contributed by atoms with van der Waals surface area (Å²) in [5.74, 6) is -8.02. The number of hydrogen-bond acceptors (Lipinski definition) is 18. The molecule has 2 saturated heterocycles. The van der Waals surface area contributed by atoms with Crippen LogP contribution in [0.3, 0.4) is 0 Å². The highest BCUT2D eigenvalue weighted by Crippen LogP contribution is 2.38. The average molecular weight is 1090 g/mol. The molecule has 3 heterocycles. The summed E-state index contributed by atoms with van der Waals surface area (Å²) in [5, 5.41) is 86.7. The number of nitrogen functional groups attached to an aromatic ring is 1. The van der Waals surface area contributed by atoms with E-state index < -0.39 is 122 Å². The lowest BCUT2D eigenvalue weighted by Gasteiger charge is -2.45. The maximum atomic E-state index is 13.3. The van der Waals surface area contributed by atoms with Gasteiger partial charge < -0.3 is 71.3 Å². The van der Waals surface area contributed by atoms with E-state index in [0.717, 1.165) is 0 Å². The van der Waals surface area contributed by atoms with Gasteiger partial charge in [0.15, 0.2) is 17.9 Å². The third-order valence-electron chi connectivity index (χ3n) is 14.4. The van der Waals surface area contributed by atoms with Crippen LogP contribution in [-0.2, 0) is 38.1 Å². The van der Waals surface area contributed by atoms with E-state index in [1.807, 2.05) is 26.8 Å². The SMILES string of the molecule is CC1/C=C/C=C/C=C/C=C/C=C/C=C/C=C/C(O[C@@H]2O[C@H](C)[C@@H](O)[C@H](N)[C@H]2O)CC2OC(O)(CCCC(O)CCCC(=O)CC(O)CC(=O)CC(=O)OC1C(C)CC(C)C(O)CC(=O)c1ccc(N)cc1)CC(O)C2C(=O)O. The van der Waals surface area contributed by atoms with Crippen molar-refractivity contribution in [3.8, 4) is 0 Å². The smallest absolute Gasteiger partial charge is 0.313 e. The molecule has 1 aromatic carbocycles. The molecule has 78 heavy (non-hydrogen) atoms. The first-order chi connectivity index (χ1) is 37.0. The minimum Gasteiger partial charge on any atom is -0.481 e. The molecule has 17 atom stereocenters. The van der Waals surface area contributed by atoms with Gasteiger partial charge in [0.25, 0.3) is 0 Å². The van der Waals surface area contributed by atoms with Crippen LogP contribution in [0.2, 0.25) is 0 Å². The molecule has 0 radical (unpaired) electrons. The number of Topliss-reactive ketones (excluding diaryl/α,β-unsaturated/α-hetero) is 3. The van der Waals surface area contributed by atoms with Gasteiger partial charge in [0.05, 0.1) is 54.9 Å². The van der Waals surface area contributed by atoms with E-state index in [0.29, 0.717) is 17.7 Å². The minimum absolute atomic E-state index is 0.0173. The van der Waals surface area contributed by atoms with Gasteiger partial charge in [-0.05, 0) is 75.1 Å². The summed E-state index contributed by atoms with van der Waals surface area (Å²) in [7, 11) is 0. The molecule has 4 rings (SSSR count). The number of carbonyl (C=O) groups is 5. The number of aliphatic hydroxyl groups excluding tert-OH is 6. The zero-order valence-electron chi connectivity index (χ0n) is 45.2. The Labute approximate surface area is 457 Å². The first-order valence-corrected chi connectivity index (χ1v) is 27.0. The van der Waals surface area contributed by atoms with Crippen LogP contribution in [0.15, 0.2) is 109 Å². The Bertz CT molecular complexity index is 2290. The fourth-order valence-corrected chi connectivity index (χ4v) is 9.94. The fraction of sp³-hybridized carbons (Fsp3) is 0.576. The lowest BCUT2D eigenvalue weighted by molar-refractivity contribution is -0.304. The molecule has 1 aromatic rings. The maximum Gasteiger partial charge on any atom is 0.313 e. The van der Waals surface area contributed by atoms with Gasteiger partial charge in [-0.15, -0.1) is 0 Å². The van der Waals surface area contributed by atoms with Gasteiger partial charge in [-0.1, -0.05) is 106 Å². The lowest BCUT2D eigenvalue weighted by atomic mass is 9.83. The summed E-state index contributed by atoms with van der Waals surface area (Å²) in [6.45, 7) is 7.08. The van der Waals surface area contributed by atoms with Gasteiger partial charge in [0, 0.05) is 62.1 Å². The topological polar surface area (TPSA) is 336 Å². The number of carbonyl (C=O) groups excluding carboxylic acids is 4. The van der Waals surface area contributed by atoms with Crippen molar-refractivity contribution in [2.75, 3.05) is 5.73 Å². The molecule has 3 aliphatic rings. The van der Waals surface area contributed by atoms with Crippen molar-refractivity contribution in [1.29, 1.82) is 0 Å². The second kappa shape index (κ2) is 32.7. The number of anilines is 1. The predicted molar refractivity (Wildman–Crippen MR) is 291 cm³/mol. The summed E-state index contributed by atoms with van der Waals surface area (Å²) in [6, 6.07) is 5.31. The zero-order valence-corrected chi connectivity index (χ0v) is 45.2. The molecule has 0 saturated carbocycles. The summed E-state index contributed by atoms with van der Waals surface area (Å²) < 4.78 is 23.9. The highest BCUT2D eigenvalue weighted by Gasteiger charge is 2.50. The highest BCUT2D eigenvalue weighted by atomic mass is 16.7. The first-order valence-electron chi connectivity index (χ1n) is 27.0. The van der Waals surface area contributed by atoms with E-state index in [4.69, 9.17) is 30.4 Å². The van der Waals surface area contributed by atoms with Crippen LogP contribution in [0, 0.1) is 23.7 Å². The van der Waals surface area contributed by atoms with Crippen LogP contribution < -0.4 is 11.5 Å². The number of carboxylic acid groups (broad SMARTS) is 1. The van der Waals surface area contributed by atoms with E-state index in [-0.39, 0.29) is 87.1 Å². The molecular formula is C59H84N2O17. The van der Waals surface area contributed by atoms with Crippen molar-refractivity contribution in [2.45, 2.75) is 190 Å². The van der Waals surface area contributed by atoms with Crippen LogP contribution in [0.5, 0.6) is 0 Å². The van der Waals surface area contributed by atoms with Gasteiger partial charge in [0.1, 0.15) is 36.1 Å². The number of carboxylic acids is 1. The molecule has 3 aliphatic heterocycles. The number of aliphatic carboxylic acids is 1. The van der Waals surface area contributed by atoms with Crippen LogP contribution in [0.1, 0.15) is 122 Å². The summed E-state index contributed by atoms with van der Waals surface area (Å²) in [6.07, 6.45) is 10.5. The van der Waals surface area contributed by atoms with Gasteiger partial charge in [0.2, 0.25) is 0 Å². The Kier molecular flexibility index (Phi) is 27.3. The number of ether oxygens (including phenoxy) is 4.